The van der Waals surface area contributed by atoms with E-state index in [1.807, 2.05) is 36.4 Å². The van der Waals surface area contributed by atoms with Crippen LogP contribution in [0.5, 0.6) is 0 Å². The highest BCUT2D eigenvalue weighted by molar-refractivity contribution is 6.24. The zero-order chi connectivity index (χ0) is 23.4. The summed E-state index contributed by atoms with van der Waals surface area (Å²) in [7, 11) is 0. The minimum Gasteiger partial charge on any atom is -0.455 e. The number of hydrogen-bond acceptors (Lipinski definition) is 2. The van der Waals surface area contributed by atoms with Crippen molar-refractivity contribution in [1.29, 1.82) is 5.26 Å². The number of fused-ring (bicyclic) bond motifs is 5. The molecule has 0 spiro atoms. The van der Waals surface area contributed by atoms with E-state index in [2.05, 4.69) is 84.9 Å². The van der Waals surface area contributed by atoms with Crippen molar-refractivity contribution >= 4 is 43.5 Å². The van der Waals surface area contributed by atoms with Crippen molar-refractivity contribution in [2.75, 3.05) is 0 Å². The molecule has 6 aromatic carbocycles. The van der Waals surface area contributed by atoms with Crippen molar-refractivity contribution in [3.8, 4) is 28.3 Å². The minimum absolute atomic E-state index is 0.663. The van der Waals surface area contributed by atoms with Crippen LogP contribution in [0.2, 0.25) is 0 Å². The number of nitrogens with zero attached hydrogens (tertiary/aromatic N) is 1. The molecule has 0 bridgehead atoms. The third-order valence-corrected chi connectivity index (χ3v) is 6.91. The molecule has 0 fully saturated rings. The zero-order valence-electron chi connectivity index (χ0n) is 18.8. The topological polar surface area (TPSA) is 36.9 Å². The molecule has 0 radical (unpaired) electrons. The summed E-state index contributed by atoms with van der Waals surface area (Å²) in [4.78, 5) is 0. The summed E-state index contributed by atoms with van der Waals surface area (Å²) < 4.78 is 6.45. The molecule has 0 N–H and O–H groups in total. The predicted octanol–water partition coefficient (Wildman–Crippen LogP) is 9.10. The van der Waals surface area contributed by atoms with Crippen LogP contribution in [0.4, 0.5) is 0 Å². The van der Waals surface area contributed by atoms with E-state index in [1.54, 1.807) is 0 Å². The van der Waals surface area contributed by atoms with E-state index in [4.69, 9.17) is 4.42 Å². The largest absolute Gasteiger partial charge is 0.455 e. The van der Waals surface area contributed by atoms with Gasteiger partial charge in [0.15, 0.2) is 0 Å². The number of rotatable bonds is 2. The van der Waals surface area contributed by atoms with Gasteiger partial charge in [-0.25, -0.2) is 0 Å². The summed E-state index contributed by atoms with van der Waals surface area (Å²) in [6, 6.07) is 41.9. The molecule has 0 saturated heterocycles. The van der Waals surface area contributed by atoms with Crippen molar-refractivity contribution in [2.45, 2.75) is 0 Å². The Kier molecular flexibility index (Phi) is 4.24. The fraction of sp³-hybridized carbons (Fsp3) is 0. The lowest BCUT2D eigenvalue weighted by Gasteiger charge is -2.17. The molecule has 0 saturated carbocycles. The van der Waals surface area contributed by atoms with Gasteiger partial charge >= 0.3 is 0 Å². The van der Waals surface area contributed by atoms with Crippen molar-refractivity contribution in [1.82, 2.24) is 0 Å². The molecule has 0 amide bonds. The van der Waals surface area contributed by atoms with E-state index in [0.29, 0.717) is 5.56 Å². The molecule has 2 nitrogen and oxygen atoms in total. The predicted molar refractivity (Wildman–Crippen MR) is 144 cm³/mol. The maximum absolute atomic E-state index is 9.29. The zero-order valence-corrected chi connectivity index (χ0v) is 18.8. The van der Waals surface area contributed by atoms with Crippen LogP contribution in [0.3, 0.4) is 0 Å². The van der Waals surface area contributed by atoms with Crippen molar-refractivity contribution in [3.63, 3.8) is 0 Å². The third-order valence-electron chi connectivity index (χ3n) is 6.91. The number of benzene rings is 6. The van der Waals surface area contributed by atoms with Gasteiger partial charge in [-0.1, -0.05) is 97.1 Å². The van der Waals surface area contributed by atoms with E-state index in [1.165, 1.54) is 32.7 Å². The first-order valence-electron chi connectivity index (χ1n) is 11.7. The molecule has 1 heterocycles. The van der Waals surface area contributed by atoms with Crippen LogP contribution in [0.1, 0.15) is 5.56 Å². The molecule has 0 unspecified atom stereocenters. The second-order valence-corrected chi connectivity index (χ2v) is 8.81. The molecule has 0 aliphatic rings. The monoisotopic (exact) mass is 445 g/mol. The lowest BCUT2D eigenvalue weighted by Crippen LogP contribution is -1.91. The first-order valence-corrected chi connectivity index (χ1v) is 11.7. The Hall–Kier alpha value is -4.87. The molecule has 1 aromatic heterocycles. The quantitative estimate of drug-likeness (QED) is 0.249. The summed E-state index contributed by atoms with van der Waals surface area (Å²) in [5, 5.41) is 16.3. The first-order chi connectivity index (χ1) is 17.3. The molecular weight excluding hydrogens is 426 g/mol. The van der Waals surface area contributed by atoms with Crippen LogP contribution in [0, 0.1) is 11.3 Å². The minimum atomic E-state index is 0.663. The molecule has 0 atom stereocenters. The smallest absolute Gasteiger partial charge is 0.143 e. The average molecular weight is 446 g/mol. The molecule has 162 valence electrons. The highest BCUT2D eigenvalue weighted by Gasteiger charge is 2.19. The van der Waals surface area contributed by atoms with Gasteiger partial charge < -0.3 is 4.42 Å². The number of para-hydroxylation sites is 2. The van der Waals surface area contributed by atoms with Gasteiger partial charge in [0.2, 0.25) is 0 Å². The van der Waals surface area contributed by atoms with Gasteiger partial charge in [-0.2, -0.15) is 5.26 Å². The second-order valence-electron chi connectivity index (χ2n) is 8.81. The molecule has 7 aromatic rings. The summed E-state index contributed by atoms with van der Waals surface area (Å²) >= 11 is 0. The van der Waals surface area contributed by atoms with Crippen molar-refractivity contribution in [2.24, 2.45) is 0 Å². The van der Waals surface area contributed by atoms with E-state index >= 15 is 0 Å². The number of hydrogen-bond donors (Lipinski definition) is 0. The molecule has 0 aliphatic heterocycles. The van der Waals surface area contributed by atoms with Gasteiger partial charge in [-0.15, -0.1) is 0 Å². The molecule has 0 aliphatic carbocycles. The molecule has 35 heavy (non-hydrogen) atoms. The van der Waals surface area contributed by atoms with E-state index < -0.39 is 0 Å². The van der Waals surface area contributed by atoms with Gasteiger partial charge in [-0.05, 0) is 50.9 Å². The fourth-order valence-electron chi connectivity index (χ4n) is 5.39. The summed E-state index contributed by atoms with van der Waals surface area (Å²) in [6.07, 6.45) is 0. The van der Waals surface area contributed by atoms with Crippen LogP contribution in [-0.2, 0) is 0 Å². The van der Waals surface area contributed by atoms with E-state index in [9.17, 15) is 5.26 Å². The first kappa shape index (κ1) is 19.6. The van der Waals surface area contributed by atoms with Crippen LogP contribution in [-0.4, -0.2) is 0 Å². The van der Waals surface area contributed by atoms with E-state index in [0.717, 1.165) is 33.1 Å². The number of nitriles is 1. The van der Waals surface area contributed by atoms with Gasteiger partial charge in [0, 0.05) is 21.9 Å². The Morgan fingerprint density at radius 1 is 0.486 bits per heavy atom. The van der Waals surface area contributed by atoms with Gasteiger partial charge in [0.05, 0.1) is 11.6 Å². The highest BCUT2D eigenvalue weighted by Crippen LogP contribution is 2.46. The molecular formula is C33H19NO. The lowest BCUT2D eigenvalue weighted by atomic mass is 9.85. The Bertz CT molecular complexity index is 1900. The summed E-state index contributed by atoms with van der Waals surface area (Å²) in [6.45, 7) is 0. The lowest BCUT2D eigenvalue weighted by molar-refractivity contribution is 0.670. The van der Waals surface area contributed by atoms with Gasteiger partial charge in [0.1, 0.15) is 11.2 Å². The number of furan rings is 1. The Balaban J connectivity index is 1.65. The van der Waals surface area contributed by atoms with Gasteiger partial charge in [-0.3, -0.25) is 0 Å². The summed E-state index contributed by atoms with van der Waals surface area (Å²) in [5.74, 6) is 0. The summed E-state index contributed by atoms with van der Waals surface area (Å²) in [5.41, 5.74) is 7.03. The highest BCUT2D eigenvalue weighted by atomic mass is 16.3. The molecule has 7 rings (SSSR count). The van der Waals surface area contributed by atoms with Crippen LogP contribution >= 0.6 is 0 Å². The van der Waals surface area contributed by atoms with Crippen molar-refractivity contribution < 1.29 is 4.42 Å². The van der Waals surface area contributed by atoms with Crippen LogP contribution < -0.4 is 0 Å². The average Bonchev–Trinajstić information content (AvgIpc) is 3.31. The van der Waals surface area contributed by atoms with E-state index in [-0.39, 0.29) is 0 Å². The standard InChI is InChI=1S/C33H19NO/c34-20-21-16-18-22(19-17-21)31-24-9-1-3-11-26(24)32(27-12-4-2-10-25(27)31)29-14-7-13-28-23-8-5-6-15-30(23)35-33(28)29/h1-19H. The molecule has 2 heteroatoms. The maximum atomic E-state index is 9.29. The van der Waals surface area contributed by atoms with Crippen molar-refractivity contribution in [3.05, 3.63) is 121 Å². The second kappa shape index (κ2) is 7.58. The third kappa shape index (κ3) is 2.89. The normalized spacial score (nSPS) is 11.4. The van der Waals surface area contributed by atoms with Crippen LogP contribution in [0.25, 0.3) is 65.7 Å². The fourth-order valence-corrected chi connectivity index (χ4v) is 5.39. The Morgan fingerprint density at radius 3 is 1.66 bits per heavy atom. The maximum Gasteiger partial charge on any atom is 0.143 e. The van der Waals surface area contributed by atoms with Crippen LogP contribution in [0.15, 0.2) is 120 Å². The SMILES string of the molecule is N#Cc1ccc(-c2c3ccccc3c(-c3cccc4c3oc3ccccc34)c3ccccc23)cc1. The Labute approximate surface area is 202 Å². The Morgan fingerprint density at radius 2 is 1.03 bits per heavy atom. The van der Waals surface area contributed by atoms with Gasteiger partial charge in [0.25, 0.3) is 0 Å².